The summed E-state index contributed by atoms with van der Waals surface area (Å²) in [5.74, 6) is -0.421. The Morgan fingerprint density at radius 3 is 2.43 bits per heavy atom. The number of carboxylic acids is 1. The average molecular weight is 348 g/mol. The number of aromatic carboxylic acids is 1. The lowest BCUT2D eigenvalue weighted by molar-refractivity contribution is 0.0698. The van der Waals surface area contributed by atoms with Crippen molar-refractivity contribution >= 4 is 27.6 Å². The molecule has 0 radical (unpaired) electrons. The molecule has 0 saturated heterocycles. The van der Waals surface area contributed by atoms with Crippen molar-refractivity contribution in [1.82, 2.24) is 0 Å². The Hall–Kier alpha value is -1.81. The highest BCUT2D eigenvalue weighted by Gasteiger charge is 2.10. The second-order valence-corrected chi connectivity index (χ2v) is 6.16. The second-order valence-electron chi connectivity index (χ2n) is 5.24. The molecular weight excluding hydrogens is 330 g/mol. The first kappa shape index (κ1) is 15.6. The van der Waals surface area contributed by atoms with E-state index in [1.807, 2.05) is 0 Å². The van der Waals surface area contributed by atoms with Crippen LogP contribution in [0, 0.1) is 0 Å². The third-order valence-corrected chi connectivity index (χ3v) is 3.83. The third-order valence-electron chi connectivity index (χ3n) is 3.34. The van der Waals surface area contributed by atoms with Crippen LogP contribution < -0.4 is 5.32 Å². The molecule has 0 aliphatic carbocycles. The van der Waals surface area contributed by atoms with Crippen LogP contribution in [0.15, 0.2) is 46.9 Å². The summed E-state index contributed by atoms with van der Waals surface area (Å²) in [5.41, 5.74) is 3.31. The van der Waals surface area contributed by atoms with E-state index in [0.29, 0.717) is 18.2 Å². The van der Waals surface area contributed by atoms with Gasteiger partial charge in [-0.15, -0.1) is 0 Å². The van der Waals surface area contributed by atoms with Crippen LogP contribution in [0.1, 0.15) is 41.3 Å². The number of rotatable bonds is 5. The molecule has 0 fully saturated rings. The molecule has 0 spiro atoms. The lowest BCUT2D eigenvalue weighted by atomic mass is 10.0. The number of carboxylic acid groups (broad SMARTS) is 1. The van der Waals surface area contributed by atoms with Crippen molar-refractivity contribution in [2.75, 3.05) is 5.32 Å². The minimum absolute atomic E-state index is 0.275. The van der Waals surface area contributed by atoms with Gasteiger partial charge >= 0.3 is 5.97 Å². The molecule has 0 aliphatic rings. The normalized spacial score (nSPS) is 10.7. The second kappa shape index (κ2) is 6.76. The molecule has 21 heavy (non-hydrogen) atoms. The minimum Gasteiger partial charge on any atom is -0.478 e. The Morgan fingerprint density at radius 1 is 1.19 bits per heavy atom. The molecule has 4 heteroatoms. The van der Waals surface area contributed by atoms with Gasteiger partial charge in [0, 0.05) is 11.0 Å². The van der Waals surface area contributed by atoms with E-state index in [2.05, 4.69) is 59.4 Å². The van der Waals surface area contributed by atoms with E-state index in [-0.39, 0.29) is 5.56 Å². The fraction of sp³-hybridized carbons (Fsp3) is 0.235. The van der Waals surface area contributed by atoms with Crippen LogP contribution in [0.2, 0.25) is 0 Å². The number of hydrogen-bond donors (Lipinski definition) is 2. The number of benzene rings is 2. The Morgan fingerprint density at radius 2 is 1.86 bits per heavy atom. The van der Waals surface area contributed by atoms with Gasteiger partial charge in [-0.05, 0) is 35.2 Å². The molecule has 110 valence electrons. The zero-order chi connectivity index (χ0) is 15.4. The molecule has 2 N–H and O–H groups in total. The topological polar surface area (TPSA) is 49.3 Å². The van der Waals surface area contributed by atoms with Crippen LogP contribution in [0.25, 0.3) is 0 Å². The first-order valence-corrected chi connectivity index (χ1v) is 7.62. The zero-order valence-electron chi connectivity index (χ0n) is 12.1. The van der Waals surface area contributed by atoms with Crippen molar-refractivity contribution in [3.63, 3.8) is 0 Å². The van der Waals surface area contributed by atoms with Crippen LogP contribution in [-0.4, -0.2) is 11.1 Å². The van der Waals surface area contributed by atoms with Crippen molar-refractivity contribution < 1.29 is 9.90 Å². The molecule has 0 saturated carbocycles. The fourth-order valence-electron chi connectivity index (χ4n) is 2.07. The maximum Gasteiger partial charge on any atom is 0.337 e. The predicted molar refractivity (Wildman–Crippen MR) is 89.0 cm³/mol. The summed E-state index contributed by atoms with van der Waals surface area (Å²) in [6, 6.07) is 13.5. The van der Waals surface area contributed by atoms with E-state index in [4.69, 9.17) is 0 Å². The van der Waals surface area contributed by atoms with E-state index in [1.54, 1.807) is 18.2 Å². The Kier molecular flexibility index (Phi) is 5.02. The zero-order valence-corrected chi connectivity index (χ0v) is 13.6. The number of anilines is 1. The van der Waals surface area contributed by atoms with Crippen LogP contribution >= 0.6 is 15.9 Å². The highest BCUT2D eigenvalue weighted by atomic mass is 79.9. The lowest BCUT2D eigenvalue weighted by Gasteiger charge is -2.11. The maximum atomic E-state index is 11.2. The quantitative estimate of drug-likeness (QED) is 0.809. The Bertz CT molecular complexity index is 636. The van der Waals surface area contributed by atoms with Gasteiger partial charge in [0.2, 0.25) is 0 Å². The molecule has 0 heterocycles. The summed E-state index contributed by atoms with van der Waals surface area (Å²) in [7, 11) is 0. The van der Waals surface area contributed by atoms with E-state index in [1.165, 1.54) is 5.56 Å². The van der Waals surface area contributed by atoms with Crippen LogP contribution in [0.5, 0.6) is 0 Å². The SMILES string of the molecule is CC(C)c1ccc(CNc2cc(Br)ccc2C(=O)O)cc1. The van der Waals surface area contributed by atoms with Gasteiger partial charge in [0.15, 0.2) is 0 Å². The van der Waals surface area contributed by atoms with Gasteiger partial charge in [0.25, 0.3) is 0 Å². The molecule has 0 unspecified atom stereocenters. The summed E-state index contributed by atoms with van der Waals surface area (Å²) in [6.45, 7) is 4.91. The Balaban J connectivity index is 2.12. The molecule has 3 nitrogen and oxygen atoms in total. The monoisotopic (exact) mass is 347 g/mol. The van der Waals surface area contributed by atoms with Gasteiger partial charge in [-0.25, -0.2) is 4.79 Å². The van der Waals surface area contributed by atoms with Crippen molar-refractivity contribution in [1.29, 1.82) is 0 Å². The number of halogens is 1. The molecule has 0 aromatic heterocycles. The molecule has 0 aliphatic heterocycles. The molecular formula is C17H18BrNO2. The van der Waals surface area contributed by atoms with Gasteiger partial charge < -0.3 is 10.4 Å². The van der Waals surface area contributed by atoms with E-state index >= 15 is 0 Å². The maximum absolute atomic E-state index is 11.2. The van der Waals surface area contributed by atoms with E-state index in [0.717, 1.165) is 10.0 Å². The summed E-state index contributed by atoms with van der Waals surface area (Å²) >= 11 is 3.36. The molecule has 2 aromatic rings. The van der Waals surface area contributed by atoms with Crippen molar-refractivity contribution in [3.05, 3.63) is 63.6 Å². The Labute approximate surface area is 133 Å². The number of hydrogen-bond acceptors (Lipinski definition) is 2. The summed E-state index contributed by atoms with van der Waals surface area (Å²) in [4.78, 5) is 11.2. The largest absolute Gasteiger partial charge is 0.478 e. The number of nitrogens with one attached hydrogen (secondary N) is 1. The molecule has 2 aromatic carbocycles. The van der Waals surface area contributed by atoms with E-state index < -0.39 is 5.97 Å². The lowest BCUT2D eigenvalue weighted by Crippen LogP contribution is -2.06. The van der Waals surface area contributed by atoms with Crippen molar-refractivity contribution in [2.24, 2.45) is 0 Å². The van der Waals surface area contributed by atoms with Gasteiger partial charge in [-0.3, -0.25) is 0 Å². The van der Waals surface area contributed by atoms with Gasteiger partial charge in [0.05, 0.1) is 11.3 Å². The summed E-state index contributed by atoms with van der Waals surface area (Å²) in [6.07, 6.45) is 0. The average Bonchev–Trinajstić information content (AvgIpc) is 2.45. The molecule has 0 bridgehead atoms. The highest BCUT2D eigenvalue weighted by Crippen LogP contribution is 2.22. The standard InChI is InChI=1S/C17H18BrNO2/c1-11(2)13-5-3-12(4-6-13)10-19-16-9-14(18)7-8-15(16)17(20)21/h3-9,11,19H,10H2,1-2H3,(H,20,21). The van der Waals surface area contributed by atoms with Gasteiger partial charge in [-0.2, -0.15) is 0 Å². The predicted octanol–water partition coefficient (Wildman–Crippen LogP) is 4.88. The number of carbonyl (C=O) groups is 1. The van der Waals surface area contributed by atoms with Gasteiger partial charge in [0.1, 0.15) is 0 Å². The van der Waals surface area contributed by atoms with Crippen LogP contribution in [0.3, 0.4) is 0 Å². The highest BCUT2D eigenvalue weighted by molar-refractivity contribution is 9.10. The first-order chi connectivity index (χ1) is 9.97. The molecule has 0 atom stereocenters. The fourth-order valence-corrected chi connectivity index (χ4v) is 2.43. The van der Waals surface area contributed by atoms with Crippen molar-refractivity contribution in [3.8, 4) is 0 Å². The van der Waals surface area contributed by atoms with Crippen LogP contribution in [0.4, 0.5) is 5.69 Å². The minimum atomic E-state index is -0.930. The van der Waals surface area contributed by atoms with E-state index in [9.17, 15) is 9.90 Å². The third kappa shape index (κ3) is 4.08. The first-order valence-electron chi connectivity index (χ1n) is 6.83. The summed E-state index contributed by atoms with van der Waals surface area (Å²) in [5, 5.41) is 12.4. The summed E-state index contributed by atoms with van der Waals surface area (Å²) < 4.78 is 0.852. The smallest absolute Gasteiger partial charge is 0.337 e. The van der Waals surface area contributed by atoms with Gasteiger partial charge in [-0.1, -0.05) is 54.0 Å². The molecule has 0 amide bonds. The molecule has 2 rings (SSSR count). The van der Waals surface area contributed by atoms with Crippen LogP contribution in [-0.2, 0) is 6.54 Å². The van der Waals surface area contributed by atoms with Crippen molar-refractivity contribution in [2.45, 2.75) is 26.3 Å².